The highest BCUT2D eigenvalue weighted by molar-refractivity contribution is 7.59. The molecule has 0 bridgehead atoms. The van der Waals surface area contributed by atoms with Gasteiger partial charge < -0.3 is 34.1 Å². The number of ketones is 1. The second-order valence-corrected chi connectivity index (χ2v) is 22.3. The minimum atomic E-state index is -4.34. The van der Waals surface area contributed by atoms with E-state index >= 15 is 9.18 Å². The number of allylic oxidation sites excluding steroid dienone is 1. The molecule has 2 saturated carbocycles. The number of carbonyl (C=O) groups is 3. The van der Waals surface area contributed by atoms with E-state index in [2.05, 4.69) is 11.9 Å². The predicted octanol–water partition coefficient (Wildman–Crippen LogP) is 9.60. The molecule has 3 aliphatic rings. The maximum absolute atomic E-state index is 15.2. The number of methoxy groups -OCH3 is 2. The molecule has 1 saturated heterocycles. The largest absolute Gasteiger partial charge is 0.497 e. The first kappa shape index (κ1) is 47.1. The molecule has 0 radical (unpaired) electrons. The van der Waals surface area contributed by atoms with Crippen molar-refractivity contribution in [2.24, 2.45) is 17.3 Å². The average Bonchev–Trinajstić information content (AvgIpc) is 3.63. The normalized spacial score (nSPS) is 22.5. The Morgan fingerprint density at radius 1 is 1.06 bits per heavy atom. The number of rotatable bonds is 18. The van der Waals surface area contributed by atoms with Crippen molar-refractivity contribution in [1.29, 1.82) is 0 Å². The van der Waals surface area contributed by atoms with E-state index in [1.54, 1.807) is 31.4 Å². The summed E-state index contributed by atoms with van der Waals surface area (Å²) in [5.74, 6) is -2.19. The number of Topliss-reactive ketones (excluding diaryl/α,β-unsaturated/α-hetero) is 1. The van der Waals surface area contributed by atoms with E-state index in [0.29, 0.717) is 33.8 Å². The van der Waals surface area contributed by atoms with Crippen molar-refractivity contribution >= 4 is 52.4 Å². The highest BCUT2D eigenvalue weighted by Crippen LogP contribution is 2.74. The van der Waals surface area contributed by atoms with Gasteiger partial charge in [0.2, 0.25) is 13.3 Å². The number of nitrogens with zero attached hydrogens (tertiary/aromatic N) is 3. The van der Waals surface area contributed by atoms with Gasteiger partial charge in [-0.1, -0.05) is 32.9 Å². The van der Waals surface area contributed by atoms with Crippen LogP contribution in [0.5, 0.6) is 17.2 Å². The summed E-state index contributed by atoms with van der Waals surface area (Å²) in [6.45, 7) is 13.6. The maximum Gasteiger partial charge on any atom is 0.306 e. The summed E-state index contributed by atoms with van der Waals surface area (Å²) < 4.78 is 53.3. The van der Waals surface area contributed by atoms with E-state index in [-0.39, 0.29) is 55.7 Å². The molecule has 1 amide bonds. The zero-order chi connectivity index (χ0) is 46.1. The van der Waals surface area contributed by atoms with Crippen molar-refractivity contribution in [3.8, 4) is 28.6 Å². The molecule has 4 aromatic rings. The van der Waals surface area contributed by atoms with Crippen molar-refractivity contribution in [2.45, 2.75) is 122 Å². The van der Waals surface area contributed by atoms with Crippen molar-refractivity contribution in [3.63, 3.8) is 0 Å². The first-order chi connectivity index (χ1) is 30.4. The van der Waals surface area contributed by atoms with Gasteiger partial charge in [0.15, 0.2) is 10.9 Å². The zero-order valence-electron chi connectivity index (χ0n) is 37.7. The Morgan fingerprint density at radius 3 is 2.47 bits per heavy atom. The number of hydrogen-bond donors (Lipinski definition) is 2. The van der Waals surface area contributed by atoms with Crippen LogP contribution < -0.4 is 19.5 Å². The number of pyridine rings is 1. The van der Waals surface area contributed by atoms with Gasteiger partial charge in [-0.25, -0.2) is 14.4 Å². The number of likely N-dealkylation sites (tertiary alicyclic amines) is 1. The lowest BCUT2D eigenvalue weighted by Crippen LogP contribution is -2.48. The number of carbonyl (C=O) groups excluding carboxylic acids is 3. The molecule has 3 fully saturated rings. The summed E-state index contributed by atoms with van der Waals surface area (Å²) >= 11 is 1.45. The summed E-state index contributed by atoms with van der Waals surface area (Å²) in [5.41, 5.74) is 1.00. The van der Waals surface area contributed by atoms with Gasteiger partial charge in [0, 0.05) is 47.3 Å². The van der Waals surface area contributed by atoms with Crippen molar-refractivity contribution < 1.29 is 47.2 Å². The fourth-order valence-corrected chi connectivity index (χ4v) is 12.7. The number of aromatic nitrogens is 2. The summed E-state index contributed by atoms with van der Waals surface area (Å²) in [4.78, 5) is 66.5. The molecule has 2 aromatic carbocycles. The van der Waals surface area contributed by atoms with E-state index in [9.17, 15) is 19.0 Å². The molecule has 16 heteroatoms. The molecule has 2 aliphatic carbocycles. The predicted molar refractivity (Wildman–Crippen MR) is 246 cm³/mol. The monoisotopic (exact) mass is 918 g/mol. The van der Waals surface area contributed by atoms with E-state index in [0.717, 1.165) is 30.8 Å². The molecule has 344 valence electrons. The topological polar surface area (TPSA) is 166 Å². The Morgan fingerprint density at radius 2 is 1.81 bits per heavy atom. The van der Waals surface area contributed by atoms with Gasteiger partial charge in [0.05, 0.1) is 61.7 Å². The molecular formula is C48H60FN4O9PS. The molecule has 0 spiro atoms. The molecule has 1 aliphatic heterocycles. The number of ether oxygens (including phenoxy) is 4. The van der Waals surface area contributed by atoms with Crippen molar-refractivity contribution in [2.75, 3.05) is 26.1 Å². The van der Waals surface area contributed by atoms with Gasteiger partial charge in [-0.15, -0.1) is 17.9 Å². The first-order valence-corrected chi connectivity index (χ1v) is 24.7. The molecular weight excluding hydrogens is 859 g/mol. The van der Waals surface area contributed by atoms with Crippen LogP contribution in [0.1, 0.15) is 91.5 Å². The Balaban J connectivity index is 1.23. The quantitative estimate of drug-likeness (QED) is 0.0552. The van der Waals surface area contributed by atoms with Crippen molar-refractivity contribution in [3.05, 3.63) is 71.9 Å². The van der Waals surface area contributed by atoms with Gasteiger partial charge >= 0.3 is 5.97 Å². The van der Waals surface area contributed by atoms with Crippen LogP contribution in [0.3, 0.4) is 0 Å². The fraction of sp³-hybridized carbons (Fsp3) is 0.521. The van der Waals surface area contributed by atoms with Crippen LogP contribution in [0.2, 0.25) is 0 Å². The number of nitrogens with one attached hydrogen (secondary N) is 1. The third-order valence-electron chi connectivity index (χ3n) is 12.9. The SMILES string of the molecule is C=C[C@@H]1C[C@]1(CC(=O)[C@@H]1C[C@@H](Oc2cc(-c3csc(NC(C)C)n3)nc3cc(OC)ccc23)CN1C(=O)[C@@H](CC(=O)OC1CCCC1)C(C)(C)C)P(=O)(O)Cc1c(F)cccc1OC. The molecule has 3 heterocycles. The van der Waals surface area contributed by atoms with Crippen LogP contribution in [-0.2, 0) is 29.8 Å². The number of hydrogen-bond acceptors (Lipinski definition) is 12. The van der Waals surface area contributed by atoms with Gasteiger partial charge in [0.1, 0.15) is 41.0 Å². The lowest BCUT2D eigenvalue weighted by molar-refractivity contribution is -0.156. The molecule has 7 rings (SSSR count). The average molecular weight is 919 g/mol. The Labute approximate surface area is 378 Å². The number of thiazole rings is 1. The first-order valence-electron chi connectivity index (χ1n) is 22.0. The van der Waals surface area contributed by atoms with E-state index in [4.69, 9.17) is 28.9 Å². The van der Waals surface area contributed by atoms with Crippen LogP contribution in [0, 0.1) is 23.1 Å². The zero-order valence-corrected chi connectivity index (χ0v) is 39.4. The Bertz CT molecular complexity index is 2450. The van der Waals surface area contributed by atoms with E-state index < -0.39 is 71.6 Å². The van der Waals surface area contributed by atoms with Crippen LogP contribution in [-0.4, -0.2) is 87.6 Å². The van der Waals surface area contributed by atoms with Crippen molar-refractivity contribution in [1.82, 2.24) is 14.9 Å². The lowest BCUT2D eigenvalue weighted by atomic mass is 9.77. The molecule has 6 atom stereocenters. The Hall–Kier alpha value is -4.85. The summed E-state index contributed by atoms with van der Waals surface area (Å²) in [7, 11) is -1.41. The molecule has 2 N–H and O–H groups in total. The van der Waals surface area contributed by atoms with E-state index in [1.165, 1.54) is 41.5 Å². The number of benzene rings is 2. The summed E-state index contributed by atoms with van der Waals surface area (Å²) in [6, 6.07) is 10.5. The molecule has 1 unspecified atom stereocenters. The van der Waals surface area contributed by atoms with Crippen LogP contribution in [0.4, 0.5) is 9.52 Å². The second-order valence-electron chi connectivity index (χ2n) is 18.8. The van der Waals surface area contributed by atoms with Gasteiger partial charge in [-0.05, 0) is 81.5 Å². The standard InChI is InChI=1S/C48H60FN4O9PS/c1-9-29-23-48(29,63(57,58)26-34-36(49)15-12-16-42(34)60-8)24-41(54)40-20-32(25-53(40)45(56)35(47(4,5)6)21-44(55)62-30-13-10-11-14-30)61-43-22-38(39-27-64-46(52-39)50-28(2)3)51-37-19-31(59-7)17-18-33(37)43/h9,12,15-19,22,27-30,32,35,40H,1,10-11,13-14,20-21,23-26H2,2-8H3,(H,50,52)(H,57,58)/t29-,32-,35-,40+,48-/m1/s1. The minimum Gasteiger partial charge on any atom is -0.497 e. The number of halogens is 1. The summed E-state index contributed by atoms with van der Waals surface area (Å²) in [5, 5.41) is 5.21. The highest BCUT2D eigenvalue weighted by atomic mass is 32.1. The van der Waals surface area contributed by atoms with Gasteiger partial charge in [-0.3, -0.25) is 18.9 Å². The number of fused-ring (bicyclic) bond motifs is 1. The number of anilines is 1. The van der Waals surface area contributed by atoms with Crippen LogP contribution in [0.25, 0.3) is 22.3 Å². The Kier molecular flexibility index (Phi) is 13.9. The highest BCUT2D eigenvalue weighted by Gasteiger charge is 2.65. The second kappa shape index (κ2) is 18.9. The minimum absolute atomic E-state index is 0.00491. The fourth-order valence-electron chi connectivity index (χ4n) is 9.25. The van der Waals surface area contributed by atoms with Crippen LogP contribution >= 0.6 is 18.7 Å². The number of amides is 1. The number of esters is 1. The van der Waals surface area contributed by atoms with Gasteiger partial charge in [0.25, 0.3) is 0 Å². The van der Waals surface area contributed by atoms with Gasteiger partial charge in [-0.2, -0.15) is 0 Å². The molecule has 64 heavy (non-hydrogen) atoms. The third kappa shape index (κ3) is 10.0. The lowest BCUT2D eigenvalue weighted by Gasteiger charge is -2.35. The van der Waals surface area contributed by atoms with Crippen LogP contribution in [0.15, 0.2) is 60.5 Å². The smallest absolute Gasteiger partial charge is 0.306 e. The molecule has 13 nitrogen and oxygen atoms in total. The molecule has 2 aromatic heterocycles. The summed E-state index contributed by atoms with van der Waals surface area (Å²) in [6.07, 6.45) is 3.34. The third-order valence-corrected chi connectivity index (χ3v) is 16.5. The maximum atomic E-state index is 15.2. The van der Waals surface area contributed by atoms with E-state index in [1.807, 2.05) is 46.1 Å².